The van der Waals surface area contributed by atoms with Crippen molar-refractivity contribution in [2.75, 3.05) is 6.26 Å². The Morgan fingerprint density at radius 1 is 1.00 bits per heavy atom. The van der Waals surface area contributed by atoms with E-state index >= 15 is 0 Å². The van der Waals surface area contributed by atoms with Gasteiger partial charge in [-0.3, -0.25) is 14.3 Å². The molecule has 0 aliphatic rings. The average molecular weight is 667 g/mol. The SMILES string of the molecule is CC(C)(C#N)c1ccc(-n2c(=O)n(COP(=O)([O-])[O-])c(=O)c3cnc4ccc(-c5ccc(S(C)(=O)=O)nc5)nc4c32)cc1.[Na+].[Na+]. The Labute approximate surface area is 300 Å². The number of hydrogen-bond donors (Lipinski definition) is 0. The molecule has 4 heterocycles. The molecule has 220 valence electrons. The van der Waals surface area contributed by atoms with Gasteiger partial charge in [-0.1, -0.05) is 12.1 Å². The first kappa shape index (κ1) is 36.9. The van der Waals surface area contributed by atoms with E-state index in [1.165, 1.54) is 24.5 Å². The maximum absolute atomic E-state index is 13.8. The first-order valence-electron chi connectivity index (χ1n) is 12.4. The number of benzene rings is 1. The van der Waals surface area contributed by atoms with Crippen LogP contribution in [0, 0.1) is 11.3 Å². The van der Waals surface area contributed by atoms with Crippen molar-refractivity contribution in [3.05, 3.63) is 87.3 Å². The molecule has 0 spiro atoms. The molecule has 0 atom stereocenters. The Morgan fingerprint density at radius 2 is 1.67 bits per heavy atom. The number of nitriles is 1. The molecule has 5 aromatic rings. The number of pyridine rings is 3. The third-order valence-electron chi connectivity index (χ3n) is 6.69. The van der Waals surface area contributed by atoms with Gasteiger partial charge in [-0.2, -0.15) is 5.26 Å². The summed E-state index contributed by atoms with van der Waals surface area (Å²) in [6.45, 7) is 2.27. The normalized spacial score (nSPS) is 11.9. The minimum absolute atomic E-state index is 0. The van der Waals surface area contributed by atoms with Crippen molar-refractivity contribution < 1.29 is 86.4 Å². The van der Waals surface area contributed by atoms with Crippen LogP contribution >= 0.6 is 7.82 Å². The van der Waals surface area contributed by atoms with E-state index in [0.29, 0.717) is 26.9 Å². The standard InChI is InChI=1S/C27H23N6O8PS.2Na/c1-27(2,14-28)17-5-7-18(8-6-17)33-24-19(25(34)32(26(33)35)15-41-42(36,37)38)13-29-21-10-9-20(31-23(21)24)16-4-11-22(30-12-16)43(3,39)40;;/h4-13H,15H2,1-3H3,(H2,36,37,38);;/q;2*+1/p-2. The molecule has 0 unspecified atom stereocenters. The first-order chi connectivity index (χ1) is 20.1. The number of phosphoric ester groups is 1. The quantitative estimate of drug-likeness (QED) is 0.0909. The molecule has 0 N–H and O–H groups in total. The zero-order valence-corrected chi connectivity index (χ0v) is 30.5. The Balaban J connectivity index is 0.00000276. The fraction of sp³-hybridized carbons (Fsp3) is 0.185. The summed E-state index contributed by atoms with van der Waals surface area (Å²) in [5.74, 6) is 0. The van der Waals surface area contributed by atoms with E-state index in [9.17, 15) is 37.6 Å². The van der Waals surface area contributed by atoms with Gasteiger partial charge in [-0.05, 0) is 55.8 Å². The van der Waals surface area contributed by atoms with Crippen LogP contribution in [0.4, 0.5) is 0 Å². The molecule has 14 nitrogen and oxygen atoms in total. The van der Waals surface area contributed by atoms with Crippen LogP contribution in [-0.2, 0) is 31.1 Å². The van der Waals surface area contributed by atoms with Crippen LogP contribution in [0.5, 0.6) is 0 Å². The van der Waals surface area contributed by atoms with E-state index < -0.39 is 41.1 Å². The largest absolute Gasteiger partial charge is 1.00 e. The maximum atomic E-state index is 13.8. The van der Waals surface area contributed by atoms with E-state index in [2.05, 4.69) is 25.5 Å². The molecule has 0 aliphatic heterocycles. The molecule has 0 radical (unpaired) electrons. The van der Waals surface area contributed by atoms with Gasteiger partial charge in [0.25, 0.3) is 5.56 Å². The van der Waals surface area contributed by atoms with Gasteiger partial charge in [-0.15, -0.1) is 0 Å². The predicted octanol–water partition coefficient (Wildman–Crippen LogP) is -4.83. The molecule has 5 rings (SSSR count). The van der Waals surface area contributed by atoms with Crippen LogP contribution in [0.2, 0.25) is 0 Å². The first-order valence-corrected chi connectivity index (χ1v) is 15.8. The fourth-order valence-electron chi connectivity index (χ4n) is 4.37. The van der Waals surface area contributed by atoms with Gasteiger partial charge in [-0.25, -0.2) is 27.7 Å². The summed E-state index contributed by atoms with van der Waals surface area (Å²) < 4.78 is 40.7. The minimum Gasteiger partial charge on any atom is -0.790 e. The predicted molar refractivity (Wildman–Crippen MR) is 151 cm³/mol. The van der Waals surface area contributed by atoms with Crippen molar-refractivity contribution in [2.24, 2.45) is 0 Å². The molecule has 4 aromatic heterocycles. The second kappa shape index (κ2) is 13.6. The third-order valence-corrected chi connectivity index (χ3v) is 8.12. The van der Waals surface area contributed by atoms with Crippen LogP contribution in [0.3, 0.4) is 0 Å². The summed E-state index contributed by atoms with van der Waals surface area (Å²) in [5, 5.41) is 9.25. The molecule has 0 fully saturated rings. The van der Waals surface area contributed by atoms with Crippen molar-refractivity contribution in [2.45, 2.75) is 31.0 Å². The summed E-state index contributed by atoms with van der Waals surface area (Å²) in [5.41, 5.74) is -0.791. The van der Waals surface area contributed by atoms with Crippen LogP contribution in [0.1, 0.15) is 19.4 Å². The summed E-state index contributed by atoms with van der Waals surface area (Å²) in [6, 6.07) is 14.6. The number of sulfone groups is 1. The monoisotopic (exact) mass is 666 g/mol. The van der Waals surface area contributed by atoms with Crippen LogP contribution < -0.4 is 80.2 Å². The molecule has 18 heteroatoms. The average Bonchev–Trinajstić information content (AvgIpc) is 2.96. The van der Waals surface area contributed by atoms with Crippen molar-refractivity contribution in [1.82, 2.24) is 24.1 Å². The molecule has 0 saturated carbocycles. The smallest absolute Gasteiger partial charge is 0.790 e. The fourth-order valence-corrected chi connectivity index (χ4v) is 5.19. The summed E-state index contributed by atoms with van der Waals surface area (Å²) in [6.07, 6.45) is 3.54. The van der Waals surface area contributed by atoms with Gasteiger partial charge in [0.15, 0.2) is 14.9 Å². The van der Waals surface area contributed by atoms with E-state index in [1.54, 1.807) is 50.2 Å². The molecule has 0 saturated heterocycles. The van der Waals surface area contributed by atoms with Gasteiger partial charge in [0.2, 0.25) is 0 Å². The summed E-state index contributed by atoms with van der Waals surface area (Å²) in [4.78, 5) is 62.4. The van der Waals surface area contributed by atoms with E-state index in [0.717, 1.165) is 10.8 Å². The molecule has 0 amide bonds. The number of rotatable bonds is 7. The van der Waals surface area contributed by atoms with Crippen LogP contribution in [0.25, 0.3) is 38.9 Å². The zero-order chi connectivity index (χ0) is 31.3. The van der Waals surface area contributed by atoms with Gasteiger partial charge in [0, 0.05) is 24.2 Å². The van der Waals surface area contributed by atoms with E-state index in [-0.39, 0.29) is 86.2 Å². The zero-order valence-electron chi connectivity index (χ0n) is 24.8. The minimum atomic E-state index is -5.55. The van der Waals surface area contributed by atoms with Gasteiger partial charge in [0.1, 0.15) is 12.2 Å². The van der Waals surface area contributed by atoms with E-state index in [4.69, 9.17) is 0 Å². The number of hydrogen-bond acceptors (Lipinski definition) is 12. The molecule has 0 aliphatic carbocycles. The van der Waals surface area contributed by atoms with Crippen LogP contribution in [0.15, 0.2) is 75.5 Å². The Bertz CT molecular complexity index is 2250. The van der Waals surface area contributed by atoms with Crippen molar-refractivity contribution >= 4 is 39.6 Å². The second-order valence-corrected chi connectivity index (χ2v) is 13.2. The Morgan fingerprint density at radius 3 is 2.22 bits per heavy atom. The molecule has 0 bridgehead atoms. The molecular weight excluding hydrogens is 645 g/mol. The van der Waals surface area contributed by atoms with Crippen molar-refractivity contribution in [1.29, 1.82) is 5.26 Å². The summed E-state index contributed by atoms with van der Waals surface area (Å²) in [7, 11) is -9.10. The summed E-state index contributed by atoms with van der Waals surface area (Å²) >= 11 is 0. The molecule has 45 heavy (non-hydrogen) atoms. The van der Waals surface area contributed by atoms with Crippen molar-refractivity contribution in [3.63, 3.8) is 0 Å². The maximum Gasteiger partial charge on any atom is 1.00 e. The number of aromatic nitrogens is 5. The Kier molecular flexibility index (Phi) is 11.2. The third kappa shape index (κ3) is 7.54. The topological polar surface area (TPSA) is 213 Å². The molecule has 1 aromatic carbocycles. The Hall–Kier alpha value is -2.58. The van der Waals surface area contributed by atoms with Gasteiger partial charge in [0.05, 0.1) is 47.1 Å². The second-order valence-electron chi connectivity index (χ2n) is 10.1. The van der Waals surface area contributed by atoms with E-state index in [1.807, 2.05) is 0 Å². The number of phosphoric acid groups is 1. The number of fused-ring (bicyclic) bond motifs is 3. The van der Waals surface area contributed by atoms with Gasteiger partial charge >= 0.3 is 64.8 Å². The van der Waals surface area contributed by atoms with Crippen molar-refractivity contribution in [3.8, 4) is 23.0 Å². The molecular formula is C27H21N6Na2O8PS. The van der Waals surface area contributed by atoms with Crippen LogP contribution in [-0.4, -0.2) is 38.8 Å². The number of nitrogens with zero attached hydrogens (tertiary/aromatic N) is 6. The van der Waals surface area contributed by atoms with Gasteiger partial charge < -0.3 is 18.9 Å².